The molecule has 3 saturated heterocycles. The summed E-state index contributed by atoms with van der Waals surface area (Å²) in [6, 6.07) is 17.5. The lowest BCUT2D eigenvalue weighted by atomic mass is 9.92. The van der Waals surface area contributed by atoms with Crippen molar-refractivity contribution in [2.24, 2.45) is 11.8 Å². The minimum atomic E-state index is -4.52. The summed E-state index contributed by atoms with van der Waals surface area (Å²) in [5.74, 6) is -3.43. The summed E-state index contributed by atoms with van der Waals surface area (Å²) in [6.45, 7) is 6.60. The van der Waals surface area contributed by atoms with Gasteiger partial charge in [0, 0.05) is 69.9 Å². The number of anilines is 1. The Morgan fingerprint density at radius 2 is 1.46 bits per heavy atom. The van der Waals surface area contributed by atoms with Gasteiger partial charge in [-0.15, -0.1) is 0 Å². The van der Waals surface area contributed by atoms with Crippen LogP contribution in [0.3, 0.4) is 0 Å². The SMILES string of the molecule is CC(C)(c1n[nH]c(CNC(=O)[C@H]2C[C@@H]2c2ccc(-c3ccc(-c4cnn(CC(=O)N5CCC(CN6CCN(c7cc8c(cc7F)C(=O)N(C7CCC(=O)NC7=O)C8=O)CC6)CC5)c4)cc3)cc2)n1)C(F)(F)F. The van der Waals surface area contributed by atoms with Gasteiger partial charge in [-0.1, -0.05) is 48.5 Å². The van der Waals surface area contributed by atoms with Crippen LogP contribution in [0.15, 0.2) is 73.1 Å². The van der Waals surface area contributed by atoms with Gasteiger partial charge in [0.1, 0.15) is 29.6 Å². The van der Waals surface area contributed by atoms with E-state index in [4.69, 9.17) is 0 Å². The molecule has 1 unspecified atom stereocenters. The normalized spacial score (nSPS) is 21.0. The van der Waals surface area contributed by atoms with Crippen molar-refractivity contribution >= 4 is 41.1 Å². The van der Waals surface area contributed by atoms with Crippen LogP contribution in [0.1, 0.15) is 89.8 Å². The summed E-state index contributed by atoms with van der Waals surface area (Å²) in [5, 5.41) is 15.6. The van der Waals surface area contributed by atoms with Crippen LogP contribution in [-0.4, -0.2) is 133 Å². The fourth-order valence-electron chi connectivity index (χ4n) is 10.2. The van der Waals surface area contributed by atoms with E-state index in [2.05, 4.69) is 35.8 Å². The van der Waals surface area contributed by atoms with E-state index in [1.807, 2.05) is 64.5 Å². The van der Waals surface area contributed by atoms with Crippen LogP contribution in [0.2, 0.25) is 0 Å². The molecule has 3 aromatic carbocycles. The van der Waals surface area contributed by atoms with Gasteiger partial charge in [-0.3, -0.25) is 53.7 Å². The Morgan fingerprint density at radius 3 is 2.11 bits per heavy atom. The largest absolute Gasteiger partial charge is 0.401 e. The van der Waals surface area contributed by atoms with Gasteiger partial charge >= 0.3 is 6.18 Å². The van der Waals surface area contributed by atoms with E-state index in [0.717, 1.165) is 72.0 Å². The number of alkyl halides is 3. The number of piperidine rings is 2. The summed E-state index contributed by atoms with van der Waals surface area (Å²) in [7, 11) is 0. The first kappa shape index (κ1) is 48.3. The Labute approximate surface area is 411 Å². The molecule has 1 saturated carbocycles. The number of hydrogen-bond donors (Lipinski definition) is 3. The second-order valence-electron chi connectivity index (χ2n) is 19.9. The number of imide groups is 2. The molecule has 0 bridgehead atoms. The van der Waals surface area contributed by atoms with E-state index >= 15 is 4.39 Å². The molecule has 5 aromatic rings. The van der Waals surface area contributed by atoms with Gasteiger partial charge in [0.05, 0.1) is 29.6 Å². The number of carbonyl (C=O) groups is 6. The molecule has 3 atom stereocenters. The maximum Gasteiger partial charge on any atom is 0.401 e. The molecular formula is C51H53F4N11O6. The minimum Gasteiger partial charge on any atom is -0.367 e. The maximum absolute atomic E-state index is 15.5. The van der Waals surface area contributed by atoms with Crippen LogP contribution in [-0.2, 0) is 37.7 Å². The van der Waals surface area contributed by atoms with Crippen LogP contribution < -0.4 is 15.5 Å². The first-order chi connectivity index (χ1) is 34.4. The number of fused-ring (bicyclic) bond motifs is 1. The third-order valence-corrected chi connectivity index (χ3v) is 14.9. The molecule has 6 heterocycles. The first-order valence-corrected chi connectivity index (χ1v) is 24.2. The lowest BCUT2D eigenvalue weighted by molar-refractivity contribution is -0.182. The fourth-order valence-corrected chi connectivity index (χ4v) is 10.2. The number of benzene rings is 3. The first-order valence-electron chi connectivity index (χ1n) is 24.2. The molecule has 376 valence electrons. The number of likely N-dealkylation sites (tertiary alicyclic amines) is 1. The number of rotatable bonds is 13. The highest BCUT2D eigenvalue weighted by Crippen LogP contribution is 2.48. The van der Waals surface area contributed by atoms with Crippen molar-refractivity contribution in [1.82, 2.24) is 50.3 Å². The van der Waals surface area contributed by atoms with E-state index in [0.29, 0.717) is 51.6 Å². The number of carbonyl (C=O) groups excluding carboxylic acids is 6. The van der Waals surface area contributed by atoms with Gasteiger partial charge in [-0.05, 0) is 85.8 Å². The summed E-state index contributed by atoms with van der Waals surface area (Å²) in [5.41, 5.74) is 2.85. The third kappa shape index (κ3) is 9.60. The van der Waals surface area contributed by atoms with E-state index in [1.165, 1.54) is 6.07 Å². The lowest BCUT2D eigenvalue weighted by Crippen LogP contribution is -2.54. The highest BCUT2D eigenvalue weighted by molar-refractivity contribution is 6.23. The Bertz CT molecular complexity index is 2940. The van der Waals surface area contributed by atoms with E-state index < -0.39 is 47.1 Å². The number of halogens is 4. The van der Waals surface area contributed by atoms with Crippen LogP contribution in [0, 0.1) is 17.7 Å². The van der Waals surface area contributed by atoms with Gasteiger partial charge in [-0.25, -0.2) is 9.37 Å². The van der Waals surface area contributed by atoms with Crippen molar-refractivity contribution in [2.75, 3.05) is 50.7 Å². The number of hydrogen-bond acceptors (Lipinski definition) is 11. The number of piperazine rings is 1. The Hall–Kier alpha value is -7.29. The number of aromatic nitrogens is 5. The average Bonchev–Trinajstić information content (AvgIpc) is 3.64. The molecule has 0 spiro atoms. The molecule has 1 aliphatic carbocycles. The highest BCUT2D eigenvalue weighted by atomic mass is 19.4. The van der Waals surface area contributed by atoms with Gasteiger partial charge < -0.3 is 15.1 Å². The van der Waals surface area contributed by atoms with Crippen molar-refractivity contribution in [2.45, 2.75) is 82.6 Å². The van der Waals surface area contributed by atoms with Gasteiger partial charge in [0.15, 0.2) is 5.82 Å². The quantitative estimate of drug-likeness (QED) is 0.104. The van der Waals surface area contributed by atoms with E-state index in [9.17, 15) is 41.9 Å². The van der Waals surface area contributed by atoms with Crippen molar-refractivity contribution < 1.29 is 46.3 Å². The van der Waals surface area contributed by atoms with Crippen molar-refractivity contribution in [3.05, 3.63) is 107 Å². The molecule has 4 fully saturated rings. The smallest absolute Gasteiger partial charge is 0.367 e. The number of nitrogens with one attached hydrogen (secondary N) is 3. The molecule has 0 radical (unpaired) electrons. The number of H-pyrrole nitrogens is 1. The van der Waals surface area contributed by atoms with Crippen LogP contribution >= 0.6 is 0 Å². The monoisotopic (exact) mass is 991 g/mol. The lowest BCUT2D eigenvalue weighted by Gasteiger charge is -2.39. The molecule has 21 heteroatoms. The summed E-state index contributed by atoms with van der Waals surface area (Å²) >= 11 is 0. The predicted octanol–water partition coefficient (Wildman–Crippen LogP) is 5.20. The molecule has 5 aliphatic rings. The number of aromatic amines is 1. The summed E-state index contributed by atoms with van der Waals surface area (Å²) in [6.07, 6.45) is 1.51. The van der Waals surface area contributed by atoms with E-state index in [-0.39, 0.29) is 78.0 Å². The summed E-state index contributed by atoms with van der Waals surface area (Å²) in [4.78, 5) is 87.7. The second-order valence-corrected chi connectivity index (χ2v) is 19.9. The van der Waals surface area contributed by atoms with Gasteiger partial charge in [0.25, 0.3) is 11.8 Å². The molecule has 6 amide bonds. The van der Waals surface area contributed by atoms with Gasteiger partial charge in [0.2, 0.25) is 23.6 Å². The second kappa shape index (κ2) is 19.0. The van der Waals surface area contributed by atoms with Crippen molar-refractivity contribution in [3.8, 4) is 22.3 Å². The molecule has 4 aliphatic heterocycles. The van der Waals surface area contributed by atoms with E-state index in [1.54, 1.807) is 10.9 Å². The molecule has 2 aromatic heterocycles. The Balaban J connectivity index is 0.648. The number of nitrogens with zero attached hydrogens (tertiary/aromatic N) is 8. The van der Waals surface area contributed by atoms with Crippen LogP contribution in [0.25, 0.3) is 22.3 Å². The molecule has 10 rings (SSSR count). The molecule has 72 heavy (non-hydrogen) atoms. The zero-order valence-corrected chi connectivity index (χ0v) is 39.7. The fraction of sp³-hybridized carbons (Fsp3) is 0.431. The zero-order chi connectivity index (χ0) is 50.6. The van der Waals surface area contributed by atoms with Gasteiger partial charge in [-0.2, -0.15) is 23.4 Å². The predicted molar refractivity (Wildman–Crippen MR) is 252 cm³/mol. The molecule has 3 N–H and O–H groups in total. The highest BCUT2D eigenvalue weighted by Gasteiger charge is 2.52. The summed E-state index contributed by atoms with van der Waals surface area (Å²) < 4.78 is 57.3. The van der Waals surface area contributed by atoms with Crippen LogP contribution in [0.4, 0.5) is 23.2 Å². The Morgan fingerprint density at radius 1 is 0.819 bits per heavy atom. The standard InChI is InChI=1S/C51H53F4N11O6/c1-50(2,51(53,54)55)49-58-42(60-61-49)25-56-45(69)36-21-35(36)33-9-7-31(8-10-33)30-3-5-32(6-4-30)34-24-57-65(27-34)28-44(68)64-15-13-29(14-16-64)26-62-17-19-63(20-18-62)41-23-38-37(22-39(41)52)47(71)66(48(38)72)40-11-12-43(67)59-46(40)70/h3-10,22-24,27,29,35-36,40H,11-21,25-26,28H2,1-2H3,(H,56,69)(H,58,60,61)(H,59,67,70)/t35-,36+,40?/m1/s1. The van der Waals surface area contributed by atoms with Crippen molar-refractivity contribution in [3.63, 3.8) is 0 Å². The zero-order valence-electron chi connectivity index (χ0n) is 39.7. The minimum absolute atomic E-state index is 0.00172. The third-order valence-electron chi connectivity index (χ3n) is 14.9. The molecular weight excluding hydrogens is 939 g/mol. The maximum atomic E-state index is 15.5. The Kier molecular flexibility index (Phi) is 12.8. The molecule has 17 nitrogen and oxygen atoms in total. The number of amides is 6. The van der Waals surface area contributed by atoms with Crippen molar-refractivity contribution in [1.29, 1.82) is 0 Å². The average molecular weight is 992 g/mol. The van der Waals surface area contributed by atoms with Crippen LogP contribution in [0.5, 0.6) is 0 Å². The topological polar surface area (TPSA) is 199 Å².